The van der Waals surface area contributed by atoms with Crippen molar-refractivity contribution in [3.8, 4) is 5.75 Å². The summed E-state index contributed by atoms with van der Waals surface area (Å²) in [5.74, 6) is -0.225. The molecule has 7 heteroatoms. The highest BCUT2D eigenvalue weighted by molar-refractivity contribution is 6.04. The van der Waals surface area contributed by atoms with Crippen molar-refractivity contribution in [2.75, 3.05) is 11.9 Å². The summed E-state index contributed by atoms with van der Waals surface area (Å²) in [6.07, 6.45) is 0. The number of nitrogens with one attached hydrogen (secondary N) is 3. The lowest BCUT2D eigenvalue weighted by atomic mass is 9.87. The van der Waals surface area contributed by atoms with Crippen LogP contribution in [-0.2, 0) is 5.41 Å². The van der Waals surface area contributed by atoms with Gasteiger partial charge in [0.2, 0.25) is 0 Å². The van der Waals surface area contributed by atoms with E-state index in [9.17, 15) is 14.4 Å². The van der Waals surface area contributed by atoms with Crippen LogP contribution >= 0.6 is 0 Å². The minimum atomic E-state index is -0.480. The zero-order chi connectivity index (χ0) is 26.3. The summed E-state index contributed by atoms with van der Waals surface area (Å²) < 4.78 is 5.64. The Kier molecular flexibility index (Phi) is 8.48. The third-order valence-corrected chi connectivity index (χ3v) is 5.39. The number of anilines is 1. The van der Waals surface area contributed by atoms with E-state index in [0.29, 0.717) is 40.7 Å². The molecule has 0 fully saturated rings. The van der Waals surface area contributed by atoms with Crippen LogP contribution in [0.1, 0.15) is 71.3 Å². The van der Waals surface area contributed by atoms with E-state index in [1.165, 1.54) is 0 Å². The Balaban J connectivity index is 1.53. The van der Waals surface area contributed by atoms with Crippen molar-refractivity contribution in [1.82, 2.24) is 10.9 Å². The molecule has 3 amide bonds. The van der Waals surface area contributed by atoms with Gasteiger partial charge in [0, 0.05) is 22.4 Å². The average molecular weight is 488 g/mol. The Morgan fingerprint density at radius 3 is 1.89 bits per heavy atom. The molecule has 0 bridgehead atoms. The van der Waals surface area contributed by atoms with Gasteiger partial charge in [-0.05, 0) is 71.5 Å². The number of hydrogen-bond acceptors (Lipinski definition) is 4. The van der Waals surface area contributed by atoms with Crippen molar-refractivity contribution in [1.29, 1.82) is 0 Å². The molecule has 36 heavy (non-hydrogen) atoms. The summed E-state index contributed by atoms with van der Waals surface area (Å²) >= 11 is 0. The van der Waals surface area contributed by atoms with Crippen molar-refractivity contribution >= 4 is 23.4 Å². The molecule has 3 aromatic rings. The van der Waals surface area contributed by atoms with Gasteiger partial charge in [-0.2, -0.15) is 0 Å². The van der Waals surface area contributed by atoms with E-state index >= 15 is 0 Å². The van der Waals surface area contributed by atoms with Crippen molar-refractivity contribution < 1.29 is 19.1 Å². The highest BCUT2D eigenvalue weighted by Gasteiger charge is 2.15. The molecule has 3 aromatic carbocycles. The molecule has 0 unspecified atom stereocenters. The molecule has 188 valence electrons. The zero-order valence-corrected chi connectivity index (χ0v) is 21.3. The summed E-state index contributed by atoms with van der Waals surface area (Å²) in [6.45, 7) is 11.0. The molecule has 0 radical (unpaired) electrons. The highest BCUT2D eigenvalue weighted by Crippen LogP contribution is 2.22. The van der Waals surface area contributed by atoms with E-state index in [4.69, 9.17) is 4.74 Å². The molecule has 0 aliphatic carbocycles. The Labute approximate surface area is 212 Å². The van der Waals surface area contributed by atoms with Crippen LogP contribution in [0.4, 0.5) is 5.69 Å². The number of carbonyl (C=O) groups excluding carboxylic acids is 3. The fourth-order valence-corrected chi connectivity index (χ4v) is 3.28. The van der Waals surface area contributed by atoms with Gasteiger partial charge in [0.05, 0.1) is 6.61 Å². The van der Waals surface area contributed by atoms with Crippen LogP contribution in [0.15, 0.2) is 72.8 Å². The SMILES string of the molecule is CC(C)COc1cccc(C(=O)NNC(=O)c2ccc(NC(=O)c3ccc(C(C)(C)C)cc3)cc2)c1. The first-order valence-electron chi connectivity index (χ1n) is 11.9. The quantitative estimate of drug-likeness (QED) is 0.392. The smallest absolute Gasteiger partial charge is 0.269 e. The second-order valence-corrected chi connectivity index (χ2v) is 10.00. The van der Waals surface area contributed by atoms with Gasteiger partial charge in [0.15, 0.2) is 0 Å². The Hall–Kier alpha value is -4.13. The number of ether oxygens (including phenoxy) is 1. The van der Waals surface area contributed by atoms with E-state index in [2.05, 4.69) is 36.9 Å². The van der Waals surface area contributed by atoms with Crippen LogP contribution in [0.3, 0.4) is 0 Å². The van der Waals surface area contributed by atoms with Crippen molar-refractivity contribution in [2.45, 2.75) is 40.0 Å². The normalized spacial score (nSPS) is 11.1. The first kappa shape index (κ1) is 26.5. The zero-order valence-electron chi connectivity index (χ0n) is 21.3. The van der Waals surface area contributed by atoms with Crippen molar-refractivity contribution in [2.24, 2.45) is 5.92 Å². The van der Waals surface area contributed by atoms with Gasteiger partial charge in [-0.15, -0.1) is 0 Å². The lowest BCUT2D eigenvalue weighted by Crippen LogP contribution is -2.41. The van der Waals surface area contributed by atoms with Gasteiger partial charge in [-0.25, -0.2) is 0 Å². The predicted octanol–water partition coefficient (Wildman–Crippen LogP) is 5.35. The third kappa shape index (κ3) is 7.43. The highest BCUT2D eigenvalue weighted by atomic mass is 16.5. The Morgan fingerprint density at radius 2 is 1.31 bits per heavy atom. The van der Waals surface area contributed by atoms with E-state index in [1.807, 2.05) is 26.0 Å². The number of amides is 3. The summed E-state index contributed by atoms with van der Waals surface area (Å²) in [5, 5.41) is 2.82. The largest absolute Gasteiger partial charge is 0.493 e. The Morgan fingerprint density at radius 1 is 0.750 bits per heavy atom. The van der Waals surface area contributed by atoms with E-state index in [1.54, 1.807) is 60.7 Å². The minimum Gasteiger partial charge on any atom is -0.493 e. The van der Waals surface area contributed by atoms with Crippen LogP contribution in [0, 0.1) is 5.92 Å². The van der Waals surface area contributed by atoms with Crippen LogP contribution < -0.4 is 20.9 Å². The molecule has 0 aliphatic rings. The maximum Gasteiger partial charge on any atom is 0.269 e. The van der Waals surface area contributed by atoms with E-state index in [-0.39, 0.29) is 11.3 Å². The molecule has 0 spiro atoms. The number of hydrazine groups is 1. The number of carbonyl (C=O) groups is 3. The van der Waals surface area contributed by atoms with Crippen molar-refractivity contribution in [3.05, 3.63) is 95.1 Å². The van der Waals surface area contributed by atoms with Crippen LogP contribution in [0.5, 0.6) is 5.75 Å². The first-order chi connectivity index (χ1) is 17.0. The minimum absolute atomic E-state index is 0.0107. The second-order valence-electron chi connectivity index (χ2n) is 10.00. The molecular weight excluding hydrogens is 454 g/mol. The number of hydrogen-bond donors (Lipinski definition) is 3. The molecule has 0 saturated carbocycles. The van der Waals surface area contributed by atoms with Gasteiger partial charge in [-0.3, -0.25) is 25.2 Å². The van der Waals surface area contributed by atoms with Gasteiger partial charge in [-0.1, -0.05) is 52.8 Å². The van der Waals surface area contributed by atoms with Gasteiger partial charge in [0.25, 0.3) is 17.7 Å². The van der Waals surface area contributed by atoms with Gasteiger partial charge in [0.1, 0.15) is 5.75 Å². The second kappa shape index (κ2) is 11.5. The topological polar surface area (TPSA) is 96.5 Å². The van der Waals surface area contributed by atoms with Crippen LogP contribution in [0.25, 0.3) is 0 Å². The lowest BCUT2D eigenvalue weighted by Gasteiger charge is -2.19. The van der Waals surface area contributed by atoms with E-state index < -0.39 is 11.8 Å². The summed E-state index contributed by atoms with van der Waals surface area (Å²) in [6, 6.07) is 20.7. The van der Waals surface area contributed by atoms with Crippen LogP contribution in [-0.4, -0.2) is 24.3 Å². The Bertz CT molecular complexity index is 1210. The number of benzene rings is 3. The lowest BCUT2D eigenvalue weighted by molar-refractivity contribution is 0.0846. The summed E-state index contributed by atoms with van der Waals surface area (Å²) in [4.78, 5) is 37.4. The first-order valence-corrected chi connectivity index (χ1v) is 11.9. The molecule has 3 rings (SSSR count). The number of rotatable bonds is 7. The molecule has 0 atom stereocenters. The molecular formula is C29H33N3O4. The average Bonchev–Trinajstić information content (AvgIpc) is 2.86. The maximum atomic E-state index is 12.6. The third-order valence-electron chi connectivity index (χ3n) is 5.39. The maximum absolute atomic E-state index is 12.6. The monoisotopic (exact) mass is 487 g/mol. The van der Waals surface area contributed by atoms with Crippen molar-refractivity contribution in [3.63, 3.8) is 0 Å². The molecule has 0 heterocycles. The van der Waals surface area contributed by atoms with Crippen LogP contribution in [0.2, 0.25) is 0 Å². The fourth-order valence-electron chi connectivity index (χ4n) is 3.28. The molecule has 3 N–H and O–H groups in total. The summed E-state index contributed by atoms with van der Waals surface area (Å²) in [7, 11) is 0. The van der Waals surface area contributed by atoms with Gasteiger partial charge >= 0.3 is 0 Å². The predicted molar refractivity (Wildman–Crippen MR) is 141 cm³/mol. The molecule has 0 saturated heterocycles. The molecule has 0 aliphatic heterocycles. The standard InChI is InChI=1S/C29H33N3O4/c1-19(2)18-36-25-8-6-7-22(17-25)28(35)32-31-27(34)21-11-15-24(16-12-21)30-26(33)20-9-13-23(14-10-20)29(3,4)5/h6-17,19H,18H2,1-5H3,(H,30,33)(H,31,34)(H,32,35). The fraction of sp³-hybridized carbons (Fsp3) is 0.276. The van der Waals surface area contributed by atoms with Gasteiger partial charge < -0.3 is 10.1 Å². The van der Waals surface area contributed by atoms with E-state index in [0.717, 1.165) is 5.56 Å². The molecule has 0 aromatic heterocycles. The molecule has 7 nitrogen and oxygen atoms in total. The summed E-state index contributed by atoms with van der Waals surface area (Å²) in [5.41, 5.74) is 7.77.